The minimum absolute atomic E-state index is 0.241. The monoisotopic (exact) mass is 358 g/mol. The molecule has 0 aliphatic carbocycles. The van der Waals surface area contributed by atoms with Crippen molar-refractivity contribution in [3.05, 3.63) is 51.7 Å². The molecule has 1 unspecified atom stereocenters. The van der Waals surface area contributed by atoms with Gasteiger partial charge in [0.1, 0.15) is 0 Å². The van der Waals surface area contributed by atoms with Crippen LogP contribution in [0, 0.1) is 12.8 Å². The van der Waals surface area contributed by atoms with Gasteiger partial charge in [-0.2, -0.15) is 9.78 Å². The lowest BCUT2D eigenvalue weighted by Crippen LogP contribution is -2.24. The van der Waals surface area contributed by atoms with Crippen molar-refractivity contribution in [1.29, 1.82) is 0 Å². The molecule has 24 heavy (non-hydrogen) atoms. The van der Waals surface area contributed by atoms with Crippen LogP contribution in [0.1, 0.15) is 12.0 Å². The van der Waals surface area contributed by atoms with Gasteiger partial charge in [0.25, 0.3) is 0 Å². The third kappa shape index (κ3) is 3.79. The van der Waals surface area contributed by atoms with Gasteiger partial charge < -0.3 is 0 Å². The first kappa shape index (κ1) is 17.0. The van der Waals surface area contributed by atoms with Gasteiger partial charge in [0.05, 0.1) is 0 Å². The average Bonchev–Trinajstić information content (AvgIpc) is 2.61. The van der Waals surface area contributed by atoms with Crippen LogP contribution in [0.25, 0.3) is 11.3 Å². The van der Waals surface area contributed by atoms with E-state index in [1.165, 1.54) is 16.4 Å². The fraction of sp³-hybridized carbons (Fsp3) is 0.294. The summed E-state index contributed by atoms with van der Waals surface area (Å²) in [5, 5.41) is 15.3. The van der Waals surface area contributed by atoms with Gasteiger partial charge in [0, 0.05) is 23.4 Å². The van der Waals surface area contributed by atoms with Gasteiger partial charge in [0.2, 0.25) is 5.16 Å². The van der Waals surface area contributed by atoms with E-state index in [1.54, 1.807) is 11.8 Å². The third-order valence-electron chi connectivity index (χ3n) is 3.62. The Morgan fingerprint density at radius 2 is 2.29 bits per heavy atom. The molecule has 5 nitrogen and oxygen atoms in total. The van der Waals surface area contributed by atoms with E-state index in [9.17, 15) is 4.79 Å². The predicted octanol–water partition coefficient (Wildman–Crippen LogP) is 3.44. The number of rotatable bonds is 4. The summed E-state index contributed by atoms with van der Waals surface area (Å²) in [5.41, 5.74) is 1.92. The topological polar surface area (TPSA) is 60.1 Å². The van der Waals surface area contributed by atoms with Gasteiger partial charge >= 0.3 is 5.56 Å². The van der Waals surface area contributed by atoms with Crippen molar-refractivity contribution in [2.24, 2.45) is 11.0 Å². The molecule has 1 aromatic carbocycles. The second-order valence-corrected chi connectivity index (χ2v) is 7.20. The summed E-state index contributed by atoms with van der Waals surface area (Å²) in [6.45, 7) is 1.98. The molecule has 1 aromatic heterocycles. The minimum Gasteiger partial charge on any atom is -0.265 e. The van der Waals surface area contributed by atoms with Gasteiger partial charge in [-0.05, 0) is 31.1 Å². The van der Waals surface area contributed by atoms with E-state index in [0.29, 0.717) is 16.8 Å². The Morgan fingerprint density at radius 3 is 3.00 bits per heavy atom. The molecular weight excluding hydrogens is 340 g/mol. The highest BCUT2D eigenvalue weighted by Crippen LogP contribution is 2.19. The number of hydrogen-bond acceptors (Lipinski definition) is 6. The van der Waals surface area contributed by atoms with Gasteiger partial charge in [-0.3, -0.25) is 4.79 Å². The van der Waals surface area contributed by atoms with Crippen molar-refractivity contribution in [2.75, 3.05) is 12.0 Å². The Hall–Kier alpha value is -1.86. The first-order chi connectivity index (χ1) is 11.7. The second kappa shape index (κ2) is 7.81. The Kier molecular flexibility index (Phi) is 5.52. The van der Waals surface area contributed by atoms with E-state index in [0.717, 1.165) is 23.3 Å². The Labute approximate surface area is 149 Å². The maximum Gasteiger partial charge on any atom is 0.301 e. The van der Waals surface area contributed by atoms with Crippen molar-refractivity contribution >= 4 is 29.7 Å². The summed E-state index contributed by atoms with van der Waals surface area (Å²) < 4.78 is 1.36. The summed E-state index contributed by atoms with van der Waals surface area (Å²) in [6, 6.07) is 7.69. The lowest BCUT2D eigenvalue weighted by Gasteiger charge is -2.12. The SMILES string of the molecule is CSc1nnc(-c2cccc(C)c2)c(=O)n1/N=C/C1CC=CSC1. The molecule has 0 bridgehead atoms. The fourth-order valence-electron chi connectivity index (χ4n) is 2.38. The molecule has 1 aliphatic heterocycles. The smallest absolute Gasteiger partial charge is 0.265 e. The van der Waals surface area contributed by atoms with Gasteiger partial charge in [-0.25, -0.2) is 0 Å². The van der Waals surface area contributed by atoms with E-state index in [2.05, 4.69) is 26.8 Å². The van der Waals surface area contributed by atoms with Gasteiger partial charge in [0.15, 0.2) is 5.69 Å². The summed E-state index contributed by atoms with van der Waals surface area (Å²) in [4.78, 5) is 12.8. The highest BCUT2D eigenvalue weighted by Gasteiger charge is 2.14. The number of thioether (sulfide) groups is 2. The summed E-state index contributed by atoms with van der Waals surface area (Å²) in [6.07, 6.45) is 6.79. The van der Waals surface area contributed by atoms with E-state index >= 15 is 0 Å². The second-order valence-electron chi connectivity index (χ2n) is 5.49. The van der Waals surface area contributed by atoms with Crippen LogP contribution in [-0.2, 0) is 0 Å². The van der Waals surface area contributed by atoms with Crippen LogP contribution in [0.2, 0.25) is 0 Å². The first-order valence-corrected chi connectivity index (χ1v) is 9.88. The Balaban J connectivity index is 2.01. The number of aromatic nitrogens is 3. The van der Waals surface area contributed by atoms with Crippen LogP contribution in [0.5, 0.6) is 0 Å². The third-order valence-corrected chi connectivity index (χ3v) is 5.25. The molecule has 0 amide bonds. The fourth-order valence-corrected chi connectivity index (χ4v) is 3.63. The quantitative estimate of drug-likeness (QED) is 0.619. The molecule has 3 rings (SSSR count). The highest BCUT2D eigenvalue weighted by atomic mass is 32.2. The number of allylic oxidation sites excluding steroid dienone is 1. The highest BCUT2D eigenvalue weighted by molar-refractivity contribution is 8.02. The van der Waals surface area contributed by atoms with Crippen LogP contribution in [0.15, 0.2) is 50.8 Å². The zero-order valence-electron chi connectivity index (χ0n) is 13.5. The number of benzene rings is 1. The van der Waals surface area contributed by atoms with Gasteiger partial charge in [-0.15, -0.1) is 22.0 Å². The maximum atomic E-state index is 12.8. The van der Waals surface area contributed by atoms with Gasteiger partial charge in [-0.1, -0.05) is 41.6 Å². The van der Waals surface area contributed by atoms with Crippen molar-refractivity contribution < 1.29 is 0 Å². The summed E-state index contributed by atoms with van der Waals surface area (Å²) in [7, 11) is 0. The van der Waals surface area contributed by atoms with E-state index < -0.39 is 0 Å². The Morgan fingerprint density at radius 1 is 1.42 bits per heavy atom. The molecule has 124 valence electrons. The van der Waals surface area contributed by atoms with Crippen LogP contribution in [0.3, 0.4) is 0 Å². The average molecular weight is 358 g/mol. The largest absolute Gasteiger partial charge is 0.301 e. The molecule has 0 saturated carbocycles. The van der Waals surface area contributed by atoms with Crippen LogP contribution in [0.4, 0.5) is 0 Å². The number of aryl methyl sites for hydroxylation is 1. The van der Waals surface area contributed by atoms with E-state index in [-0.39, 0.29) is 5.56 Å². The standard InChI is InChI=1S/C17H18N4OS2/c1-12-5-3-7-14(9-12)15-16(22)21(17(23-2)20-19-15)18-10-13-6-4-8-24-11-13/h3-5,7-10,13H,6,11H2,1-2H3/b18-10+. The molecule has 7 heteroatoms. The summed E-state index contributed by atoms with van der Waals surface area (Å²) in [5.74, 6) is 1.31. The van der Waals surface area contributed by atoms with Crippen LogP contribution < -0.4 is 5.56 Å². The number of nitrogens with zero attached hydrogens (tertiary/aromatic N) is 4. The first-order valence-electron chi connectivity index (χ1n) is 7.61. The van der Waals surface area contributed by atoms with Crippen molar-refractivity contribution in [3.8, 4) is 11.3 Å². The molecule has 0 N–H and O–H groups in total. The lowest BCUT2D eigenvalue weighted by molar-refractivity contribution is 0.645. The van der Waals surface area contributed by atoms with Crippen molar-refractivity contribution in [2.45, 2.75) is 18.5 Å². The molecular formula is C17H18N4OS2. The molecule has 0 radical (unpaired) electrons. The van der Waals surface area contributed by atoms with Crippen LogP contribution >= 0.6 is 23.5 Å². The zero-order valence-corrected chi connectivity index (χ0v) is 15.2. The molecule has 2 heterocycles. The van der Waals surface area contributed by atoms with E-state index in [4.69, 9.17) is 0 Å². The molecule has 0 spiro atoms. The molecule has 0 saturated heterocycles. The molecule has 1 aliphatic rings. The normalized spacial score (nSPS) is 17.5. The van der Waals surface area contributed by atoms with Crippen molar-refractivity contribution in [3.63, 3.8) is 0 Å². The van der Waals surface area contributed by atoms with E-state index in [1.807, 2.05) is 43.7 Å². The molecule has 2 aromatic rings. The maximum absolute atomic E-state index is 12.8. The molecule has 1 atom stereocenters. The van der Waals surface area contributed by atoms with Crippen molar-refractivity contribution in [1.82, 2.24) is 14.9 Å². The molecule has 0 fully saturated rings. The summed E-state index contributed by atoms with van der Waals surface area (Å²) >= 11 is 3.12. The minimum atomic E-state index is -0.241. The van der Waals surface area contributed by atoms with Crippen LogP contribution in [-0.4, -0.2) is 33.1 Å². The number of hydrogen-bond donors (Lipinski definition) is 0. The zero-order chi connectivity index (χ0) is 16.9. The Bertz CT molecular complexity index is 845. The lowest BCUT2D eigenvalue weighted by atomic mass is 10.1. The predicted molar refractivity (Wildman–Crippen MR) is 102 cm³/mol.